The van der Waals surface area contributed by atoms with E-state index in [1.54, 1.807) is 24.3 Å². The van der Waals surface area contributed by atoms with Crippen LogP contribution in [-0.4, -0.2) is 76.0 Å². The molecule has 0 spiro atoms. The summed E-state index contributed by atoms with van der Waals surface area (Å²) in [6.07, 6.45) is 11.2. The predicted octanol–water partition coefficient (Wildman–Crippen LogP) is 8.94. The minimum absolute atomic E-state index is 0. The maximum Gasteiger partial charge on any atom is 2.00 e. The maximum atomic E-state index is 12.1. The molecule has 13 heteroatoms. The third-order valence-corrected chi connectivity index (χ3v) is 12.0. The van der Waals surface area contributed by atoms with Crippen LogP contribution in [0.1, 0.15) is 102 Å². The van der Waals surface area contributed by atoms with E-state index in [1.807, 2.05) is 84.9 Å². The van der Waals surface area contributed by atoms with Gasteiger partial charge >= 0.3 is 37.7 Å². The number of anilines is 4. The van der Waals surface area contributed by atoms with Crippen LogP contribution < -0.4 is 18.4 Å². The summed E-state index contributed by atoms with van der Waals surface area (Å²) in [7, 11) is -9.19. The van der Waals surface area contributed by atoms with Crippen LogP contribution in [0.2, 0.25) is 0 Å². The van der Waals surface area contributed by atoms with Gasteiger partial charge in [0, 0.05) is 13.1 Å². The van der Waals surface area contributed by atoms with E-state index in [-0.39, 0.29) is 37.7 Å². The van der Waals surface area contributed by atoms with Crippen molar-refractivity contribution in [3.63, 3.8) is 0 Å². The molecule has 0 aliphatic carbocycles. The predicted molar refractivity (Wildman–Crippen MR) is 223 cm³/mol. The molecule has 2 atom stereocenters. The second-order valence-corrected chi connectivity index (χ2v) is 16.6. The van der Waals surface area contributed by atoms with Crippen molar-refractivity contribution in [3.05, 3.63) is 120 Å². The number of fused-ring (bicyclic) bond motifs is 2. The molecule has 2 aliphatic rings. The first-order valence-electron chi connectivity index (χ1n) is 19.3. The van der Waals surface area contributed by atoms with Crippen molar-refractivity contribution >= 4 is 81.1 Å². The van der Waals surface area contributed by atoms with E-state index < -0.39 is 32.9 Å². The van der Waals surface area contributed by atoms with E-state index in [0.717, 1.165) is 82.5 Å². The van der Waals surface area contributed by atoms with Gasteiger partial charge in [-0.1, -0.05) is 150 Å². The molecule has 0 saturated heterocycles. The number of hydrogen-bond acceptors (Lipinski definition) is 8. The quantitative estimate of drug-likeness (QED) is 0.0554. The van der Waals surface area contributed by atoms with Crippen molar-refractivity contribution in [2.75, 3.05) is 18.4 Å². The Hall–Kier alpha value is -2.84. The fourth-order valence-corrected chi connectivity index (χ4v) is 9.39. The Morgan fingerprint density at radius 3 is 1.09 bits per heavy atom. The van der Waals surface area contributed by atoms with Crippen molar-refractivity contribution in [2.45, 2.75) is 116 Å². The van der Waals surface area contributed by atoms with Crippen LogP contribution in [0, 0.1) is 0 Å². The zero-order chi connectivity index (χ0) is 38.6. The molecule has 0 bridgehead atoms. The molecule has 2 aliphatic heterocycles. The number of nitrogens with zero attached hydrogens (tertiary/aromatic N) is 4. The SMILES string of the molecule is CCCCCCCC1N(Cc2ccccc2)c2ccccc2N1S(=O)(=O)[O-].CCCCCCCC1N(Cc2ccccc2)c2ccccc2N1S(=O)(=O)[O-].[Ca+2]. The Labute approximate surface area is 359 Å². The average Bonchev–Trinajstić information content (AvgIpc) is 3.64. The Morgan fingerprint density at radius 1 is 0.455 bits per heavy atom. The number of hydrogen-bond donors (Lipinski definition) is 0. The molecule has 2 unspecified atom stereocenters. The molecule has 0 radical (unpaired) electrons. The summed E-state index contributed by atoms with van der Waals surface area (Å²) in [5.74, 6) is 0. The van der Waals surface area contributed by atoms with Crippen molar-refractivity contribution in [1.29, 1.82) is 0 Å². The van der Waals surface area contributed by atoms with E-state index in [0.29, 0.717) is 37.3 Å². The second kappa shape index (κ2) is 21.6. The van der Waals surface area contributed by atoms with E-state index in [1.165, 1.54) is 12.8 Å². The van der Waals surface area contributed by atoms with Crippen LogP contribution in [0.4, 0.5) is 22.7 Å². The average molecular weight is 815 g/mol. The van der Waals surface area contributed by atoms with Gasteiger partial charge in [0.05, 0.1) is 22.7 Å². The third kappa shape index (κ3) is 12.1. The van der Waals surface area contributed by atoms with E-state index in [9.17, 15) is 25.9 Å². The summed E-state index contributed by atoms with van der Waals surface area (Å²) >= 11 is 0. The minimum atomic E-state index is -4.60. The third-order valence-electron chi connectivity index (χ3n) is 10.1. The molecule has 0 saturated carbocycles. The van der Waals surface area contributed by atoms with E-state index in [4.69, 9.17) is 0 Å². The summed E-state index contributed by atoms with van der Waals surface area (Å²) in [4.78, 5) is 4.11. The summed E-state index contributed by atoms with van der Waals surface area (Å²) in [5, 5.41) is 0. The van der Waals surface area contributed by atoms with Crippen LogP contribution in [-0.2, 0) is 33.7 Å². The van der Waals surface area contributed by atoms with Gasteiger partial charge in [0.2, 0.25) is 0 Å². The molecule has 0 aromatic heterocycles. The monoisotopic (exact) mass is 814 g/mol. The number of benzene rings is 4. The topological polar surface area (TPSA) is 127 Å². The fraction of sp³-hybridized carbons (Fsp3) is 0.429. The van der Waals surface area contributed by atoms with Crippen molar-refractivity contribution < 1.29 is 25.9 Å². The molecule has 6 rings (SSSR count). The first-order chi connectivity index (χ1) is 26.0. The van der Waals surface area contributed by atoms with Crippen LogP contribution >= 0.6 is 0 Å². The standard InChI is InChI=1S/2C21H28N2O3S.Ca/c2*1-2-3-4-5-9-16-21-22(17-18-12-7-6-8-13-18)19-14-10-11-15-20(19)23(21)27(24,25)26;/h2*6-8,10-15,21H,2-5,9,16-17H2,1H3,(H,24,25,26);/q;;+2/p-2. The maximum absolute atomic E-state index is 12.1. The first-order valence-corrected chi connectivity index (χ1v) is 22.1. The van der Waals surface area contributed by atoms with Crippen molar-refractivity contribution in [3.8, 4) is 0 Å². The summed E-state index contributed by atoms with van der Waals surface area (Å²) in [6, 6.07) is 34.5. The van der Waals surface area contributed by atoms with Gasteiger partial charge in [-0.15, -0.1) is 0 Å². The zero-order valence-corrected chi connectivity index (χ0v) is 36.0. The Balaban J connectivity index is 0.000000240. The summed E-state index contributed by atoms with van der Waals surface area (Å²) in [6.45, 7) is 5.48. The van der Waals surface area contributed by atoms with Gasteiger partial charge in [-0.2, -0.15) is 0 Å². The molecule has 4 aromatic rings. The Morgan fingerprint density at radius 2 is 0.764 bits per heavy atom. The molecule has 0 amide bonds. The molecular weight excluding hydrogens is 761 g/mol. The van der Waals surface area contributed by atoms with Gasteiger partial charge in [0.1, 0.15) is 12.3 Å². The molecule has 10 nitrogen and oxygen atoms in total. The Bertz CT molecular complexity index is 1830. The Kier molecular flexibility index (Phi) is 17.6. The number of rotatable bonds is 18. The molecule has 0 N–H and O–H groups in total. The largest absolute Gasteiger partial charge is 2.00 e. The molecule has 55 heavy (non-hydrogen) atoms. The van der Waals surface area contributed by atoms with E-state index >= 15 is 0 Å². The van der Waals surface area contributed by atoms with Gasteiger partial charge in [-0.3, -0.25) is 8.61 Å². The zero-order valence-electron chi connectivity index (χ0n) is 32.2. The molecule has 4 aromatic carbocycles. The van der Waals surface area contributed by atoms with E-state index in [2.05, 4.69) is 23.6 Å². The van der Waals surface area contributed by atoms with Crippen molar-refractivity contribution in [1.82, 2.24) is 0 Å². The number of unbranched alkanes of at least 4 members (excludes halogenated alkanes) is 8. The summed E-state index contributed by atoms with van der Waals surface area (Å²) in [5.41, 5.74) is 4.77. The smallest absolute Gasteiger partial charge is 0.731 e. The molecule has 292 valence electrons. The van der Waals surface area contributed by atoms with Crippen LogP contribution in [0.5, 0.6) is 0 Å². The van der Waals surface area contributed by atoms with Crippen molar-refractivity contribution in [2.24, 2.45) is 0 Å². The van der Waals surface area contributed by atoms with Crippen LogP contribution in [0.25, 0.3) is 0 Å². The first kappa shape index (κ1) is 44.9. The van der Waals surface area contributed by atoms with Gasteiger partial charge < -0.3 is 18.9 Å². The van der Waals surface area contributed by atoms with Crippen LogP contribution in [0.15, 0.2) is 109 Å². The number of para-hydroxylation sites is 4. The molecular formula is C42H54CaN4O6S2. The van der Waals surface area contributed by atoms with Gasteiger partial charge in [0.25, 0.3) is 0 Å². The second-order valence-electron chi connectivity index (χ2n) is 14.1. The minimum Gasteiger partial charge on any atom is -0.731 e. The van der Waals surface area contributed by atoms with Gasteiger partial charge in [-0.05, 0) is 61.1 Å². The summed E-state index contributed by atoms with van der Waals surface area (Å²) < 4.78 is 74.7. The fourth-order valence-electron chi connectivity index (χ4n) is 7.57. The normalized spacial score (nSPS) is 16.3. The van der Waals surface area contributed by atoms with Gasteiger partial charge in [-0.25, -0.2) is 16.8 Å². The molecule has 0 fully saturated rings. The molecule has 2 heterocycles. The van der Waals surface area contributed by atoms with Gasteiger partial charge in [0.15, 0.2) is 20.6 Å². The van der Waals surface area contributed by atoms with Crippen LogP contribution in [0.3, 0.4) is 0 Å².